The number of anilines is 1. The van der Waals surface area contributed by atoms with Crippen LogP contribution in [0.3, 0.4) is 0 Å². The van der Waals surface area contributed by atoms with Crippen LogP contribution in [-0.4, -0.2) is 14.9 Å². The van der Waals surface area contributed by atoms with Gasteiger partial charge in [-0.2, -0.15) is 0 Å². The number of nitro benzene ring substituents is 1. The van der Waals surface area contributed by atoms with E-state index in [2.05, 4.69) is 15.3 Å². The number of nitrogens with one attached hydrogen (secondary N) is 1. The molecule has 0 saturated heterocycles. The van der Waals surface area contributed by atoms with Crippen molar-refractivity contribution in [3.8, 4) is 0 Å². The molecule has 2 aromatic heterocycles. The molecule has 20 heavy (non-hydrogen) atoms. The number of non-ortho nitro benzene ring substituents is 1. The first-order valence-corrected chi connectivity index (χ1v) is 6.77. The lowest BCUT2D eigenvalue weighted by molar-refractivity contribution is -0.384. The molecule has 7 heteroatoms. The Morgan fingerprint density at radius 1 is 1.30 bits per heavy atom. The minimum absolute atomic E-state index is 0.0738. The van der Waals surface area contributed by atoms with Crippen LogP contribution in [0, 0.1) is 10.1 Å². The van der Waals surface area contributed by atoms with Crippen molar-refractivity contribution in [1.82, 2.24) is 9.97 Å². The van der Waals surface area contributed by atoms with Crippen molar-refractivity contribution in [2.24, 2.45) is 0 Å². The molecule has 0 aliphatic heterocycles. The minimum atomic E-state index is -0.407. The molecule has 0 unspecified atom stereocenters. The second kappa shape index (κ2) is 5.22. The molecular weight excluding hydrogens is 276 g/mol. The summed E-state index contributed by atoms with van der Waals surface area (Å²) < 4.78 is 0. The Labute approximate surface area is 118 Å². The number of fused-ring (bicyclic) bond motifs is 1. The Hall–Kier alpha value is -2.54. The van der Waals surface area contributed by atoms with Crippen LogP contribution in [0.5, 0.6) is 0 Å². The van der Waals surface area contributed by atoms with Crippen LogP contribution in [0.4, 0.5) is 11.5 Å². The molecule has 6 nitrogen and oxygen atoms in total. The van der Waals surface area contributed by atoms with Gasteiger partial charge in [-0.05, 0) is 18.2 Å². The second-order valence-electron chi connectivity index (χ2n) is 4.15. The second-order valence-corrected chi connectivity index (χ2v) is 5.12. The highest BCUT2D eigenvalue weighted by Gasteiger charge is 2.07. The lowest BCUT2D eigenvalue weighted by Crippen LogP contribution is -1.99. The van der Waals surface area contributed by atoms with Gasteiger partial charge in [-0.3, -0.25) is 15.1 Å². The van der Waals surface area contributed by atoms with Crippen molar-refractivity contribution in [3.05, 3.63) is 57.0 Å². The molecule has 0 spiro atoms. The van der Waals surface area contributed by atoms with Gasteiger partial charge in [0.15, 0.2) is 0 Å². The smallest absolute Gasteiger partial charge is 0.270 e. The van der Waals surface area contributed by atoms with Crippen LogP contribution >= 0.6 is 11.3 Å². The summed E-state index contributed by atoms with van der Waals surface area (Å²) in [6.07, 6.45) is 1.81. The van der Waals surface area contributed by atoms with E-state index >= 15 is 0 Å². The summed E-state index contributed by atoms with van der Waals surface area (Å²) >= 11 is 1.57. The number of aromatic nitrogens is 2. The Morgan fingerprint density at radius 2 is 2.20 bits per heavy atom. The van der Waals surface area contributed by atoms with E-state index in [1.165, 1.54) is 12.1 Å². The number of nitrogens with zero attached hydrogens (tertiary/aromatic N) is 3. The average Bonchev–Trinajstić information content (AvgIpc) is 2.97. The van der Waals surface area contributed by atoms with Gasteiger partial charge in [0, 0.05) is 28.6 Å². The van der Waals surface area contributed by atoms with E-state index in [0.29, 0.717) is 6.54 Å². The van der Waals surface area contributed by atoms with Gasteiger partial charge in [-0.1, -0.05) is 0 Å². The molecule has 0 aliphatic carbocycles. The lowest BCUT2D eigenvalue weighted by Gasteiger charge is -2.05. The summed E-state index contributed by atoms with van der Waals surface area (Å²) in [4.78, 5) is 19.9. The van der Waals surface area contributed by atoms with E-state index in [1.807, 2.05) is 18.3 Å². The molecule has 100 valence electrons. The first kappa shape index (κ1) is 12.5. The molecule has 0 radical (unpaired) electrons. The zero-order chi connectivity index (χ0) is 13.9. The van der Waals surface area contributed by atoms with Crippen LogP contribution in [0.1, 0.15) is 4.88 Å². The SMILES string of the molecule is O=[N+]([O-])c1ccc2nc(NCc3cncs3)ccc2c1. The lowest BCUT2D eigenvalue weighted by atomic mass is 10.2. The van der Waals surface area contributed by atoms with Crippen LogP contribution in [0.2, 0.25) is 0 Å². The van der Waals surface area contributed by atoms with Crippen molar-refractivity contribution in [2.75, 3.05) is 5.32 Å². The third kappa shape index (κ3) is 2.57. The highest BCUT2D eigenvalue weighted by molar-refractivity contribution is 7.09. The molecule has 3 aromatic rings. The summed E-state index contributed by atoms with van der Waals surface area (Å²) in [5.74, 6) is 0.736. The van der Waals surface area contributed by atoms with Crippen molar-refractivity contribution in [1.29, 1.82) is 0 Å². The van der Waals surface area contributed by atoms with Crippen molar-refractivity contribution in [3.63, 3.8) is 0 Å². The number of hydrogen-bond donors (Lipinski definition) is 1. The van der Waals surface area contributed by atoms with E-state index < -0.39 is 4.92 Å². The van der Waals surface area contributed by atoms with E-state index in [9.17, 15) is 10.1 Å². The molecular formula is C13H10N4O2S. The van der Waals surface area contributed by atoms with Crippen LogP contribution in [0.25, 0.3) is 10.9 Å². The minimum Gasteiger partial charge on any atom is -0.365 e. The van der Waals surface area contributed by atoms with Crippen molar-refractivity contribution < 1.29 is 4.92 Å². The normalized spacial score (nSPS) is 10.6. The van der Waals surface area contributed by atoms with Crippen molar-refractivity contribution >= 4 is 33.7 Å². The Kier molecular flexibility index (Phi) is 3.26. The maximum atomic E-state index is 10.7. The molecule has 0 amide bonds. The fourth-order valence-electron chi connectivity index (χ4n) is 1.83. The van der Waals surface area contributed by atoms with E-state index in [1.54, 1.807) is 22.9 Å². The standard InChI is InChI=1S/C13H10N4O2S/c18-17(19)10-2-3-12-9(5-10)1-4-13(16-12)15-7-11-6-14-8-20-11/h1-6,8H,7H2,(H,15,16). The number of hydrogen-bond acceptors (Lipinski definition) is 6. The molecule has 0 fully saturated rings. The number of pyridine rings is 1. The predicted molar refractivity (Wildman–Crippen MR) is 77.8 cm³/mol. The molecule has 0 atom stereocenters. The van der Waals surface area contributed by atoms with Gasteiger partial charge in [-0.15, -0.1) is 11.3 Å². The van der Waals surface area contributed by atoms with Crippen LogP contribution in [-0.2, 0) is 6.54 Å². The van der Waals surface area contributed by atoms with Gasteiger partial charge in [0.2, 0.25) is 0 Å². The summed E-state index contributed by atoms with van der Waals surface area (Å²) in [6.45, 7) is 0.663. The first-order valence-electron chi connectivity index (χ1n) is 5.89. The number of rotatable bonds is 4. The number of thiazole rings is 1. The Bertz CT molecular complexity index is 758. The van der Waals surface area contributed by atoms with Gasteiger partial charge in [0.05, 0.1) is 22.5 Å². The Balaban J connectivity index is 1.83. The maximum absolute atomic E-state index is 10.7. The fraction of sp³-hybridized carbons (Fsp3) is 0.0769. The molecule has 2 heterocycles. The molecule has 0 aliphatic rings. The molecule has 3 rings (SSSR count). The van der Waals surface area contributed by atoms with Crippen molar-refractivity contribution in [2.45, 2.75) is 6.54 Å². The van der Waals surface area contributed by atoms with Gasteiger partial charge in [0.1, 0.15) is 5.82 Å². The largest absolute Gasteiger partial charge is 0.365 e. The third-order valence-electron chi connectivity index (χ3n) is 2.81. The summed E-state index contributed by atoms with van der Waals surface area (Å²) in [6, 6.07) is 8.28. The predicted octanol–water partition coefficient (Wildman–Crippen LogP) is 3.21. The monoisotopic (exact) mass is 286 g/mol. The Morgan fingerprint density at radius 3 is 2.95 bits per heavy atom. The van der Waals surface area contributed by atoms with Gasteiger partial charge in [-0.25, -0.2) is 4.98 Å². The molecule has 0 bridgehead atoms. The first-order chi connectivity index (χ1) is 9.72. The molecule has 0 saturated carbocycles. The zero-order valence-corrected chi connectivity index (χ0v) is 11.1. The van der Waals surface area contributed by atoms with Gasteiger partial charge < -0.3 is 5.32 Å². The maximum Gasteiger partial charge on any atom is 0.270 e. The highest BCUT2D eigenvalue weighted by Crippen LogP contribution is 2.21. The summed E-state index contributed by atoms with van der Waals surface area (Å²) in [5.41, 5.74) is 2.58. The van der Waals surface area contributed by atoms with Crippen LogP contribution < -0.4 is 5.32 Å². The number of nitro groups is 1. The zero-order valence-electron chi connectivity index (χ0n) is 10.3. The highest BCUT2D eigenvalue weighted by atomic mass is 32.1. The quantitative estimate of drug-likeness (QED) is 0.588. The molecule has 1 N–H and O–H groups in total. The van der Waals surface area contributed by atoms with E-state index in [-0.39, 0.29) is 5.69 Å². The summed E-state index contributed by atoms with van der Waals surface area (Å²) in [5, 5.41) is 14.7. The topological polar surface area (TPSA) is 81.0 Å². The van der Waals surface area contributed by atoms with E-state index in [4.69, 9.17) is 0 Å². The fourth-order valence-corrected chi connectivity index (χ4v) is 2.37. The van der Waals surface area contributed by atoms with Gasteiger partial charge in [0.25, 0.3) is 5.69 Å². The third-order valence-corrected chi connectivity index (χ3v) is 3.59. The average molecular weight is 286 g/mol. The van der Waals surface area contributed by atoms with Gasteiger partial charge >= 0.3 is 0 Å². The molecule has 1 aromatic carbocycles. The summed E-state index contributed by atoms with van der Waals surface area (Å²) in [7, 11) is 0. The van der Waals surface area contributed by atoms with Crippen LogP contribution in [0.15, 0.2) is 42.0 Å². The number of benzene rings is 1. The van der Waals surface area contributed by atoms with E-state index in [0.717, 1.165) is 21.6 Å².